The number of piperidine rings is 1. The van der Waals surface area contributed by atoms with Gasteiger partial charge < -0.3 is 10.4 Å². The Balaban J connectivity index is 1.85. The number of anilines is 1. The van der Waals surface area contributed by atoms with Gasteiger partial charge in [-0.3, -0.25) is 4.79 Å². The van der Waals surface area contributed by atoms with E-state index in [0.717, 1.165) is 12.5 Å². The minimum Gasteiger partial charge on any atom is -0.395 e. The van der Waals surface area contributed by atoms with E-state index in [1.807, 2.05) is 0 Å². The molecule has 152 valence electrons. The third-order valence-electron chi connectivity index (χ3n) is 4.83. The number of sulfonamides is 1. The summed E-state index contributed by atoms with van der Waals surface area (Å²) in [5.74, 6) is -1.28. The first-order chi connectivity index (χ1) is 13.9. The lowest BCUT2D eigenvalue weighted by Gasteiger charge is -2.33. The molecule has 1 amide bonds. The minimum absolute atomic E-state index is 0.0395. The van der Waals surface area contributed by atoms with E-state index in [1.54, 1.807) is 6.07 Å². The monoisotopic (exact) mass is 417 g/mol. The normalized spacial score (nSPS) is 17.5. The molecule has 1 saturated heterocycles. The van der Waals surface area contributed by atoms with Gasteiger partial charge in [0.1, 0.15) is 11.9 Å². The second-order valence-electron chi connectivity index (χ2n) is 6.74. The van der Waals surface area contributed by atoms with E-state index >= 15 is 0 Å². The van der Waals surface area contributed by atoms with Crippen LogP contribution in [0, 0.1) is 17.1 Å². The van der Waals surface area contributed by atoms with Crippen molar-refractivity contribution in [1.29, 1.82) is 5.26 Å². The van der Waals surface area contributed by atoms with E-state index < -0.39 is 27.8 Å². The molecule has 0 saturated carbocycles. The van der Waals surface area contributed by atoms with Gasteiger partial charge in [0.25, 0.3) is 5.91 Å². The van der Waals surface area contributed by atoms with Gasteiger partial charge in [-0.05, 0) is 49.2 Å². The molecule has 1 heterocycles. The zero-order valence-corrected chi connectivity index (χ0v) is 16.3. The molecule has 2 aromatic rings. The molecule has 1 aliphatic rings. The molecule has 1 unspecified atom stereocenters. The summed E-state index contributed by atoms with van der Waals surface area (Å²) in [6.07, 6.45) is 2.14. The summed E-state index contributed by atoms with van der Waals surface area (Å²) < 4.78 is 40.7. The summed E-state index contributed by atoms with van der Waals surface area (Å²) in [6.45, 7) is 0.0572. The van der Waals surface area contributed by atoms with E-state index in [2.05, 4.69) is 5.32 Å². The van der Waals surface area contributed by atoms with Gasteiger partial charge in [-0.1, -0.05) is 12.5 Å². The van der Waals surface area contributed by atoms with Crippen molar-refractivity contribution in [3.8, 4) is 6.07 Å². The summed E-state index contributed by atoms with van der Waals surface area (Å²) in [5, 5.41) is 20.9. The van der Waals surface area contributed by atoms with Gasteiger partial charge in [0.05, 0.1) is 17.1 Å². The quantitative estimate of drug-likeness (QED) is 0.777. The van der Waals surface area contributed by atoms with Crippen molar-refractivity contribution in [3.63, 3.8) is 0 Å². The van der Waals surface area contributed by atoms with Crippen LogP contribution in [0.1, 0.15) is 35.2 Å². The van der Waals surface area contributed by atoms with Crippen molar-refractivity contribution in [3.05, 3.63) is 59.4 Å². The average Bonchev–Trinajstić information content (AvgIpc) is 2.75. The lowest BCUT2D eigenvalue weighted by Crippen LogP contribution is -2.45. The number of nitrogens with one attached hydrogen (secondary N) is 1. The van der Waals surface area contributed by atoms with E-state index in [-0.39, 0.29) is 28.3 Å². The number of hydrogen-bond donors (Lipinski definition) is 2. The van der Waals surface area contributed by atoms with Gasteiger partial charge in [0.2, 0.25) is 10.0 Å². The zero-order chi connectivity index (χ0) is 21.0. The van der Waals surface area contributed by atoms with E-state index in [0.29, 0.717) is 19.4 Å². The fraction of sp³-hybridized carbons (Fsp3) is 0.300. The van der Waals surface area contributed by atoms with Gasteiger partial charge in [-0.2, -0.15) is 9.57 Å². The van der Waals surface area contributed by atoms with Crippen LogP contribution in [0.5, 0.6) is 0 Å². The molecule has 0 bridgehead atoms. The first-order valence-corrected chi connectivity index (χ1v) is 10.5. The summed E-state index contributed by atoms with van der Waals surface area (Å²) >= 11 is 0. The van der Waals surface area contributed by atoms with Crippen LogP contribution in [0.4, 0.5) is 10.1 Å². The topological polar surface area (TPSA) is 110 Å². The van der Waals surface area contributed by atoms with Crippen LogP contribution in [0.25, 0.3) is 0 Å². The maximum Gasteiger partial charge on any atom is 0.255 e. The maximum atomic E-state index is 13.4. The van der Waals surface area contributed by atoms with Crippen molar-refractivity contribution in [2.75, 3.05) is 18.5 Å². The Labute approximate surface area is 168 Å². The number of aliphatic hydroxyl groups is 1. The molecule has 1 aliphatic heterocycles. The second-order valence-corrected chi connectivity index (χ2v) is 8.63. The van der Waals surface area contributed by atoms with Crippen LogP contribution in [0.3, 0.4) is 0 Å². The SMILES string of the molecule is N#Cc1cc(NC(=O)c2cccc(S(=O)(=O)N3CCCCC3CO)c2)ccc1F. The van der Waals surface area contributed by atoms with Gasteiger partial charge in [0.15, 0.2) is 0 Å². The molecule has 29 heavy (non-hydrogen) atoms. The number of rotatable bonds is 5. The highest BCUT2D eigenvalue weighted by atomic mass is 32.2. The van der Waals surface area contributed by atoms with Crippen LogP contribution in [0.2, 0.25) is 0 Å². The highest BCUT2D eigenvalue weighted by Gasteiger charge is 2.33. The smallest absolute Gasteiger partial charge is 0.255 e. The Hall–Kier alpha value is -2.80. The standard InChI is InChI=1S/C20H20FN3O4S/c21-19-8-7-16(10-15(19)12-22)23-20(26)14-4-3-6-18(11-14)29(27,28)24-9-2-1-5-17(24)13-25/h3-4,6-8,10-11,17,25H,1-2,5,9,13H2,(H,23,26). The number of hydrogen-bond acceptors (Lipinski definition) is 5. The summed E-state index contributed by atoms with van der Waals surface area (Å²) in [7, 11) is -3.87. The van der Waals surface area contributed by atoms with E-state index in [9.17, 15) is 22.7 Å². The molecule has 0 radical (unpaired) electrons. The Morgan fingerprint density at radius 1 is 1.28 bits per heavy atom. The number of carbonyl (C=O) groups is 1. The van der Waals surface area contributed by atoms with Crippen molar-refractivity contribution in [1.82, 2.24) is 4.31 Å². The van der Waals surface area contributed by atoms with Crippen LogP contribution >= 0.6 is 0 Å². The highest BCUT2D eigenvalue weighted by Crippen LogP contribution is 2.26. The molecular weight excluding hydrogens is 397 g/mol. The molecule has 2 aromatic carbocycles. The lowest BCUT2D eigenvalue weighted by molar-refractivity contribution is 0.102. The number of nitrogens with zero attached hydrogens (tertiary/aromatic N) is 2. The number of carbonyl (C=O) groups excluding carboxylic acids is 1. The predicted octanol–water partition coefficient (Wildman–Crippen LogP) is 2.49. The van der Waals surface area contributed by atoms with Crippen molar-refractivity contribution in [2.45, 2.75) is 30.2 Å². The molecule has 0 aliphatic carbocycles. The molecule has 3 rings (SSSR count). The molecular formula is C20H20FN3O4S. The van der Waals surface area contributed by atoms with Crippen molar-refractivity contribution < 1.29 is 22.7 Å². The lowest BCUT2D eigenvalue weighted by atomic mass is 10.1. The van der Waals surface area contributed by atoms with E-state index in [4.69, 9.17) is 5.26 Å². The van der Waals surface area contributed by atoms with Crippen LogP contribution in [-0.2, 0) is 10.0 Å². The Kier molecular flexibility index (Phi) is 6.27. The molecule has 0 aromatic heterocycles. The van der Waals surface area contributed by atoms with Gasteiger partial charge in [-0.25, -0.2) is 12.8 Å². The van der Waals surface area contributed by atoms with Crippen LogP contribution in [0.15, 0.2) is 47.4 Å². The first kappa shape index (κ1) is 20.9. The second kappa shape index (κ2) is 8.69. The number of amides is 1. The summed E-state index contributed by atoms with van der Waals surface area (Å²) in [6, 6.07) is 10.4. The fourth-order valence-corrected chi connectivity index (χ4v) is 5.03. The van der Waals surface area contributed by atoms with Gasteiger partial charge in [0, 0.05) is 23.8 Å². The molecule has 9 heteroatoms. The fourth-order valence-electron chi connectivity index (χ4n) is 3.30. The average molecular weight is 417 g/mol. The first-order valence-electron chi connectivity index (χ1n) is 9.10. The Morgan fingerprint density at radius 2 is 2.07 bits per heavy atom. The number of nitriles is 1. The zero-order valence-electron chi connectivity index (χ0n) is 15.5. The molecule has 1 fully saturated rings. The van der Waals surface area contributed by atoms with Gasteiger partial charge >= 0.3 is 0 Å². The summed E-state index contributed by atoms with van der Waals surface area (Å²) in [4.78, 5) is 12.5. The third kappa shape index (κ3) is 4.45. The van der Waals surface area contributed by atoms with Crippen LogP contribution < -0.4 is 5.32 Å². The van der Waals surface area contributed by atoms with Crippen LogP contribution in [-0.4, -0.2) is 42.9 Å². The maximum absolute atomic E-state index is 13.4. The summed E-state index contributed by atoms with van der Waals surface area (Å²) in [5.41, 5.74) is 0.114. The number of aliphatic hydroxyl groups excluding tert-OH is 1. The van der Waals surface area contributed by atoms with Crippen molar-refractivity contribution >= 4 is 21.6 Å². The minimum atomic E-state index is -3.87. The molecule has 7 nitrogen and oxygen atoms in total. The molecule has 1 atom stereocenters. The Morgan fingerprint density at radius 3 is 2.79 bits per heavy atom. The van der Waals surface area contributed by atoms with Gasteiger partial charge in [-0.15, -0.1) is 0 Å². The predicted molar refractivity (Wildman–Crippen MR) is 104 cm³/mol. The largest absolute Gasteiger partial charge is 0.395 e. The van der Waals surface area contributed by atoms with E-state index in [1.165, 1.54) is 40.7 Å². The molecule has 2 N–H and O–H groups in total. The third-order valence-corrected chi connectivity index (χ3v) is 6.78. The number of benzene rings is 2. The highest BCUT2D eigenvalue weighted by molar-refractivity contribution is 7.89. The molecule has 0 spiro atoms. The number of halogens is 1. The Bertz CT molecular complexity index is 1070. The van der Waals surface area contributed by atoms with Crippen molar-refractivity contribution in [2.24, 2.45) is 0 Å².